The van der Waals surface area contributed by atoms with Crippen molar-refractivity contribution in [3.8, 4) is 0 Å². The molecule has 7 nitrogen and oxygen atoms in total. The van der Waals surface area contributed by atoms with Crippen molar-refractivity contribution < 1.29 is 9.53 Å². The smallest absolute Gasteiger partial charge is 0.404 e. The molecule has 0 aliphatic carbocycles. The van der Waals surface area contributed by atoms with Gasteiger partial charge in [-0.1, -0.05) is 0 Å². The van der Waals surface area contributed by atoms with Crippen LogP contribution in [0.5, 0.6) is 0 Å². The van der Waals surface area contributed by atoms with E-state index in [2.05, 4.69) is 14.9 Å². The van der Waals surface area contributed by atoms with Gasteiger partial charge in [0.25, 0.3) is 0 Å². The first-order valence-corrected chi connectivity index (χ1v) is 6.82. The second kappa shape index (κ2) is 5.43. The first kappa shape index (κ1) is 13.4. The molecule has 3 rings (SSSR count). The number of ether oxygens (including phenoxy) is 1. The van der Waals surface area contributed by atoms with Crippen molar-refractivity contribution >= 4 is 22.8 Å². The fraction of sp³-hybridized carbons (Fsp3) is 0.357. The quantitative estimate of drug-likeness (QED) is 0.858. The van der Waals surface area contributed by atoms with Crippen LogP contribution in [0.4, 0.5) is 10.5 Å². The lowest BCUT2D eigenvalue weighted by molar-refractivity contribution is 0.0913. The van der Waals surface area contributed by atoms with E-state index in [1.807, 2.05) is 6.07 Å². The highest BCUT2D eigenvalue weighted by Crippen LogP contribution is 2.26. The van der Waals surface area contributed by atoms with E-state index in [0.717, 1.165) is 37.0 Å². The fourth-order valence-corrected chi connectivity index (χ4v) is 2.70. The molecule has 110 valence electrons. The number of rotatable bonds is 2. The molecule has 2 aromatic heterocycles. The van der Waals surface area contributed by atoms with Gasteiger partial charge < -0.3 is 20.4 Å². The van der Waals surface area contributed by atoms with Gasteiger partial charge in [0.2, 0.25) is 5.56 Å². The Morgan fingerprint density at radius 2 is 2.10 bits per heavy atom. The molecule has 0 atom stereocenters. The Morgan fingerprint density at radius 1 is 1.33 bits per heavy atom. The number of nitrogens with two attached hydrogens (primary N) is 1. The molecule has 1 aliphatic rings. The molecule has 0 spiro atoms. The highest BCUT2D eigenvalue weighted by Gasteiger charge is 2.22. The molecule has 0 unspecified atom stereocenters. The Balaban J connectivity index is 1.82. The highest BCUT2D eigenvalue weighted by molar-refractivity contribution is 5.89. The molecule has 0 aromatic carbocycles. The number of piperidine rings is 1. The predicted molar refractivity (Wildman–Crippen MR) is 78.3 cm³/mol. The number of carbonyl (C=O) groups is 1. The van der Waals surface area contributed by atoms with Crippen molar-refractivity contribution in [1.82, 2.24) is 9.97 Å². The molecule has 0 bridgehead atoms. The van der Waals surface area contributed by atoms with Crippen molar-refractivity contribution in [2.45, 2.75) is 18.9 Å². The van der Waals surface area contributed by atoms with Gasteiger partial charge in [0.1, 0.15) is 11.8 Å². The summed E-state index contributed by atoms with van der Waals surface area (Å²) < 4.78 is 5.03. The standard InChI is InChI=1S/C14H16N4O3/c15-14(20)21-9-4-7-18(8-5-9)11-3-6-16-13-10(11)1-2-12(19)17-13/h1-3,6,9H,4-5,7-8H2,(H2,15,20)(H,16,17,19). The average Bonchev–Trinajstić information content (AvgIpc) is 2.46. The molecule has 1 amide bonds. The third-order valence-electron chi connectivity index (χ3n) is 3.68. The Morgan fingerprint density at radius 3 is 2.81 bits per heavy atom. The fourth-order valence-electron chi connectivity index (χ4n) is 2.70. The van der Waals surface area contributed by atoms with Crippen molar-refractivity contribution in [1.29, 1.82) is 0 Å². The van der Waals surface area contributed by atoms with E-state index in [0.29, 0.717) is 5.65 Å². The summed E-state index contributed by atoms with van der Waals surface area (Å²) >= 11 is 0. The van der Waals surface area contributed by atoms with Crippen LogP contribution in [-0.2, 0) is 4.74 Å². The molecule has 0 radical (unpaired) electrons. The Bertz CT molecular complexity index is 719. The first-order valence-electron chi connectivity index (χ1n) is 6.82. The molecule has 7 heteroatoms. The summed E-state index contributed by atoms with van der Waals surface area (Å²) in [6, 6.07) is 5.20. The Hall–Kier alpha value is -2.57. The molecular weight excluding hydrogens is 272 g/mol. The number of hydrogen-bond donors (Lipinski definition) is 2. The third kappa shape index (κ3) is 2.81. The van der Waals surface area contributed by atoms with Crippen LogP contribution in [0.1, 0.15) is 12.8 Å². The maximum atomic E-state index is 11.3. The maximum Gasteiger partial charge on any atom is 0.404 e. The molecule has 1 saturated heterocycles. The van der Waals surface area contributed by atoms with Crippen LogP contribution in [0.2, 0.25) is 0 Å². The lowest BCUT2D eigenvalue weighted by atomic mass is 10.1. The topological polar surface area (TPSA) is 101 Å². The third-order valence-corrected chi connectivity index (χ3v) is 3.68. The number of fused-ring (bicyclic) bond motifs is 1. The van der Waals surface area contributed by atoms with E-state index < -0.39 is 6.09 Å². The Kier molecular flexibility index (Phi) is 3.47. The summed E-state index contributed by atoms with van der Waals surface area (Å²) in [5.41, 5.74) is 6.48. The van der Waals surface area contributed by atoms with Crippen molar-refractivity contribution in [2.75, 3.05) is 18.0 Å². The largest absolute Gasteiger partial charge is 0.446 e. The minimum absolute atomic E-state index is 0.119. The SMILES string of the molecule is NC(=O)OC1CCN(c2ccnc3[nH]c(=O)ccc23)CC1. The highest BCUT2D eigenvalue weighted by atomic mass is 16.6. The predicted octanol–water partition coefficient (Wildman–Crippen LogP) is 0.987. The number of amides is 1. The zero-order valence-electron chi connectivity index (χ0n) is 11.4. The summed E-state index contributed by atoms with van der Waals surface area (Å²) in [6.45, 7) is 1.52. The normalized spacial score (nSPS) is 16.1. The van der Waals surface area contributed by atoms with Crippen LogP contribution < -0.4 is 16.2 Å². The maximum absolute atomic E-state index is 11.3. The van der Waals surface area contributed by atoms with E-state index >= 15 is 0 Å². The van der Waals surface area contributed by atoms with Gasteiger partial charge in [0.05, 0.1) is 0 Å². The molecular formula is C14H16N4O3. The number of anilines is 1. The van der Waals surface area contributed by atoms with Crippen LogP contribution in [0.25, 0.3) is 11.0 Å². The van der Waals surface area contributed by atoms with Gasteiger partial charge in [0, 0.05) is 49.3 Å². The van der Waals surface area contributed by atoms with E-state index in [-0.39, 0.29) is 11.7 Å². The van der Waals surface area contributed by atoms with Crippen molar-refractivity contribution in [3.05, 3.63) is 34.7 Å². The van der Waals surface area contributed by atoms with E-state index in [1.54, 1.807) is 12.3 Å². The minimum Gasteiger partial charge on any atom is -0.446 e. The Labute approximate surface area is 120 Å². The second-order valence-electron chi connectivity index (χ2n) is 5.04. The number of hydrogen-bond acceptors (Lipinski definition) is 5. The van der Waals surface area contributed by atoms with E-state index in [1.165, 1.54) is 6.07 Å². The molecule has 1 aliphatic heterocycles. The van der Waals surface area contributed by atoms with Gasteiger partial charge in [0.15, 0.2) is 0 Å². The zero-order valence-corrected chi connectivity index (χ0v) is 11.4. The number of nitrogens with zero attached hydrogens (tertiary/aromatic N) is 2. The van der Waals surface area contributed by atoms with Gasteiger partial charge in [-0.3, -0.25) is 4.79 Å². The zero-order chi connectivity index (χ0) is 14.8. The van der Waals surface area contributed by atoms with E-state index in [9.17, 15) is 9.59 Å². The number of aromatic nitrogens is 2. The first-order chi connectivity index (χ1) is 10.1. The van der Waals surface area contributed by atoms with Gasteiger partial charge in [-0.05, 0) is 12.1 Å². The summed E-state index contributed by atoms with van der Waals surface area (Å²) in [6.07, 6.45) is 2.30. The molecule has 1 fully saturated rings. The molecule has 2 aromatic rings. The van der Waals surface area contributed by atoms with Crippen LogP contribution in [0.15, 0.2) is 29.2 Å². The molecule has 21 heavy (non-hydrogen) atoms. The lowest BCUT2D eigenvalue weighted by Crippen LogP contribution is -2.38. The van der Waals surface area contributed by atoms with Gasteiger partial charge >= 0.3 is 6.09 Å². The number of aromatic amines is 1. The second-order valence-corrected chi connectivity index (χ2v) is 5.04. The van der Waals surface area contributed by atoms with Gasteiger partial charge in [-0.25, -0.2) is 9.78 Å². The van der Waals surface area contributed by atoms with Crippen LogP contribution >= 0.6 is 0 Å². The van der Waals surface area contributed by atoms with Crippen LogP contribution in [0, 0.1) is 0 Å². The number of pyridine rings is 2. The number of primary amides is 1. The summed E-state index contributed by atoms with van der Waals surface area (Å²) in [4.78, 5) is 31.2. The monoisotopic (exact) mass is 288 g/mol. The minimum atomic E-state index is -0.722. The average molecular weight is 288 g/mol. The number of H-pyrrole nitrogens is 1. The summed E-state index contributed by atoms with van der Waals surface area (Å²) in [7, 11) is 0. The van der Waals surface area contributed by atoms with Gasteiger partial charge in [-0.15, -0.1) is 0 Å². The van der Waals surface area contributed by atoms with Crippen LogP contribution in [0.3, 0.4) is 0 Å². The van der Waals surface area contributed by atoms with Crippen molar-refractivity contribution in [3.63, 3.8) is 0 Å². The van der Waals surface area contributed by atoms with Gasteiger partial charge in [-0.2, -0.15) is 0 Å². The lowest BCUT2D eigenvalue weighted by Gasteiger charge is -2.33. The van der Waals surface area contributed by atoms with E-state index in [4.69, 9.17) is 10.5 Å². The molecule has 3 N–H and O–H groups in total. The molecule has 3 heterocycles. The summed E-state index contributed by atoms with van der Waals surface area (Å²) in [5, 5.41) is 0.909. The number of carbonyl (C=O) groups excluding carboxylic acids is 1. The molecule has 0 saturated carbocycles. The van der Waals surface area contributed by atoms with Crippen LogP contribution in [-0.4, -0.2) is 35.3 Å². The van der Waals surface area contributed by atoms with Crippen molar-refractivity contribution in [2.24, 2.45) is 5.73 Å². The number of nitrogens with one attached hydrogen (secondary N) is 1. The summed E-state index contributed by atoms with van der Waals surface area (Å²) in [5.74, 6) is 0.